The lowest BCUT2D eigenvalue weighted by molar-refractivity contribution is -0.384. The van der Waals surface area contributed by atoms with Gasteiger partial charge < -0.3 is 0 Å². The van der Waals surface area contributed by atoms with Gasteiger partial charge in [0, 0.05) is 23.3 Å². The number of halogens is 1. The first-order valence-corrected chi connectivity index (χ1v) is 9.38. The van der Waals surface area contributed by atoms with Crippen molar-refractivity contribution in [2.75, 3.05) is 4.31 Å². The van der Waals surface area contributed by atoms with Gasteiger partial charge in [-0.15, -0.1) is 0 Å². The second-order valence-corrected chi connectivity index (χ2v) is 7.82. The maximum absolute atomic E-state index is 13.2. The van der Waals surface area contributed by atoms with Gasteiger partial charge in [0.05, 0.1) is 22.3 Å². The van der Waals surface area contributed by atoms with E-state index in [4.69, 9.17) is 0 Å². The second kappa shape index (κ2) is 5.88. The molecule has 0 saturated heterocycles. The summed E-state index contributed by atoms with van der Waals surface area (Å²) in [7, 11) is -3.89. The number of rotatable bonds is 3. The maximum Gasteiger partial charge on any atom is 0.282 e. The van der Waals surface area contributed by atoms with Crippen molar-refractivity contribution in [1.29, 1.82) is 0 Å². The van der Waals surface area contributed by atoms with E-state index in [0.29, 0.717) is 22.5 Å². The van der Waals surface area contributed by atoms with Gasteiger partial charge in [0.25, 0.3) is 15.7 Å². The Balaban J connectivity index is 1.81. The first-order valence-electron chi connectivity index (χ1n) is 7.94. The summed E-state index contributed by atoms with van der Waals surface area (Å²) in [5, 5.41) is 17.5. The summed E-state index contributed by atoms with van der Waals surface area (Å²) < 4.78 is 40.3. The second-order valence-electron chi connectivity index (χ2n) is 6.07. The average Bonchev–Trinajstić information content (AvgIpc) is 3.16. The Kier molecular flexibility index (Phi) is 3.74. The van der Waals surface area contributed by atoms with Crippen molar-refractivity contribution >= 4 is 21.4 Å². The molecule has 10 heteroatoms. The molecule has 1 aliphatic heterocycles. The summed E-state index contributed by atoms with van der Waals surface area (Å²) in [6.45, 7) is 1.71. The van der Waals surface area contributed by atoms with Gasteiger partial charge in [0.2, 0.25) is 0 Å². The van der Waals surface area contributed by atoms with Crippen LogP contribution in [-0.2, 0) is 10.0 Å². The Morgan fingerprint density at radius 3 is 2.37 bits per heavy atom. The summed E-state index contributed by atoms with van der Waals surface area (Å²) in [6.07, 6.45) is 0. The number of nitrogens with one attached hydrogen (secondary N) is 1. The number of fused-ring (bicyclic) bond motifs is 1. The number of sulfonamides is 1. The molecule has 1 unspecified atom stereocenters. The molecule has 2 aromatic carbocycles. The van der Waals surface area contributed by atoms with E-state index in [1.807, 2.05) is 0 Å². The van der Waals surface area contributed by atoms with Crippen LogP contribution < -0.4 is 4.31 Å². The van der Waals surface area contributed by atoms with E-state index < -0.39 is 26.8 Å². The van der Waals surface area contributed by atoms with E-state index in [-0.39, 0.29) is 10.7 Å². The molecular formula is C17H13FN4O4S. The molecule has 1 atom stereocenters. The molecule has 2 heterocycles. The van der Waals surface area contributed by atoms with Crippen molar-refractivity contribution in [2.24, 2.45) is 0 Å². The topological polar surface area (TPSA) is 109 Å². The van der Waals surface area contributed by atoms with Gasteiger partial charge in [-0.3, -0.25) is 19.5 Å². The van der Waals surface area contributed by atoms with Crippen molar-refractivity contribution in [3.8, 4) is 11.3 Å². The number of H-pyrrole nitrogens is 1. The Morgan fingerprint density at radius 1 is 1.15 bits per heavy atom. The fourth-order valence-corrected chi connectivity index (χ4v) is 5.08. The Morgan fingerprint density at radius 2 is 1.78 bits per heavy atom. The Labute approximate surface area is 153 Å². The van der Waals surface area contributed by atoms with Crippen LogP contribution in [0.25, 0.3) is 11.3 Å². The SMILES string of the molecule is CC1c2c(-c3ccc([N+](=O)[O-])cc3)n[nH]c2S(=O)(=O)N1c1ccc(F)cc1. The minimum atomic E-state index is -3.89. The van der Waals surface area contributed by atoms with E-state index in [2.05, 4.69) is 10.2 Å². The van der Waals surface area contributed by atoms with Crippen molar-refractivity contribution in [3.63, 3.8) is 0 Å². The number of nitro benzene ring substituents is 1. The van der Waals surface area contributed by atoms with Crippen LogP contribution >= 0.6 is 0 Å². The molecule has 0 aliphatic carbocycles. The van der Waals surface area contributed by atoms with Gasteiger partial charge in [0.1, 0.15) is 5.82 Å². The summed E-state index contributed by atoms with van der Waals surface area (Å²) in [4.78, 5) is 10.3. The standard InChI is InChI=1S/C17H13FN4O4S/c1-10-15-16(11-2-6-14(7-3-11)22(23)24)19-20-17(15)27(25,26)21(10)13-8-4-12(18)5-9-13/h2-10H,1H3,(H,19,20). The fraction of sp³-hybridized carbons (Fsp3) is 0.118. The van der Waals surface area contributed by atoms with Crippen molar-refractivity contribution in [3.05, 3.63) is 70.0 Å². The summed E-state index contributed by atoms with van der Waals surface area (Å²) in [5.41, 5.74) is 1.69. The van der Waals surface area contributed by atoms with E-state index in [0.717, 1.165) is 0 Å². The quantitative estimate of drug-likeness (QED) is 0.546. The van der Waals surface area contributed by atoms with Crippen LogP contribution in [0.5, 0.6) is 0 Å². The van der Waals surface area contributed by atoms with Crippen LogP contribution in [0.4, 0.5) is 15.8 Å². The average molecular weight is 388 g/mol. The molecule has 138 valence electrons. The molecule has 0 amide bonds. The summed E-state index contributed by atoms with van der Waals surface area (Å²) >= 11 is 0. The number of hydrogen-bond acceptors (Lipinski definition) is 5. The normalized spacial score (nSPS) is 17.7. The third-order valence-corrected chi connectivity index (χ3v) is 6.36. The monoisotopic (exact) mass is 388 g/mol. The minimum Gasteiger partial charge on any atom is -0.265 e. The lowest BCUT2D eigenvalue weighted by Gasteiger charge is -2.23. The molecule has 27 heavy (non-hydrogen) atoms. The molecule has 3 aromatic rings. The van der Waals surface area contributed by atoms with E-state index in [9.17, 15) is 22.9 Å². The van der Waals surface area contributed by atoms with Gasteiger partial charge in [-0.1, -0.05) is 0 Å². The molecule has 4 rings (SSSR count). The van der Waals surface area contributed by atoms with Crippen molar-refractivity contribution in [1.82, 2.24) is 10.2 Å². The lowest BCUT2D eigenvalue weighted by atomic mass is 10.0. The Bertz CT molecular complexity index is 1140. The van der Waals surface area contributed by atoms with Crippen LogP contribution in [0, 0.1) is 15.9 Å². The number of nitrogens with zero attached hydrogens (tertiary/aromatic N) is 3. The number of anilines is 1. The molecule has 0 radical (unpaired) electrons. The Hall–Kier alpha value is -3.27. The van der Waals surface area contributed by atoms with Crippen molar-refractivity contribution in [2.45, 2.75) is 18.0 Å². The molecule has 8 nitrogen and oxygen atoms in total. The zero-order chi connectivity index (χ0) is 19.3. The number of nitro groups is 1. The van der Waals surface area contributed by atoms with Crippen LogP contribution in [0.1, 0.15) is 18.5 Å². The van der Waals surface area contributed by atoms with E-state index in [1.165, 1.54) is 52.8 Å². The van der Waals surface area contributed by atoms with Crippen LogP contribution in [0.15, 0.2) is 53.6 Å². The third-order valence-electron chi connectivity index (χ3n) is 4.49. The van der Waals surface area contributed by atoms with Crippen LogP contribution in [0.3, 0.4) is 0 Å². The van der Waals surface area contributed by atoms with Gasteiger partial charge in [0.15, 0.2) is 5.03 Å². The van der Waals surface area contributed by atoms with Crippen molar-refractivity contribution < 1.29 is 17.7 Å². The summed E-state index contributed by atoms with van der Waals surface area (Å²) in [6, 6.07) is 10.3. The highest BCUT2D eigenvalue weighted by molar-refractivity contribution is 7.93. The minimum absolute atomic E-state index is 0.0346. The highest BCUT2D eigenvalue weighted by Crippen LogP contribution is 2.45. The van der Waals surface area contributed by atoms with E-state index >= 15 is 0 Å². The number of non-ortho nitro benzene ring substituents is 1. The molecule has 0 bridgehead atoms. The fourth-order valence-electron chi connectivity index (χ4n) is 3.25. The number of benzene rings is 2. The molecule has 0 saturated carbocycles. The highest BCUT2D eigenvalue weighted by atomic mass is 32.2. The number of aromatic nitrogens is 2. The predicted molar refractivity (Wildman–Crippen MR) is 95.2 cm³/mol. The van der Waals surface area contributed by atoms with Gasteiger partial charge in [-0.25, -0.2) is 4.39 Å². The molecule has 1 aromatic heterocycles. The first kappa shape index (κ1) is 17.2. The first-order chi connectivity index (χ1) is 12.8. The zero-order valence-corrected chi connectivity index (χ0v) is 14.8. The maximum atomic E-state index is 13.2. The van der Waals surface area contributed by atoms with Crippen LogP contribution in [0.2, 0.25) is 0 Å². The predicted octanol–water partition coefficient (Wildman–Crippen LogP) is 3.39. The molecule has 1 N–H and O–H groups in total. The molecule has 1 aliphatic rings. The largest absolute Gasteiger partial charge is 0.282 e. The van der Waals surface area contributed by atoms with Gasteiger partial charge in [-0.05, 0) is 43.3 Å². The number of aromatic amines is 1. The zero-order valence-electron chi connectivity index (χ0n) is 14.0. The summed E-state index contributed by atoms with van der Waals surface area (Å²) in [5.74, 6) is -0.463. The van der Waals surface area contributed by atoms with Crippen LogP contribution in [-0.4, -0.2) is 23.5 Å². The lowest BCUT2D eigenvalue weighted by Crippen LogP contribution is -2.27. The van der Waals surface area contributed by atoms with Gasteiger partial charge in [-0.2, -0.15) is 13.5 Å². The third kappa shape index (κ3) is 2.56. The number of hydrogen-bond donors (Lipinski definition) is 1. The molecule has 0 fully saturated rings. The van der Waals surface area contributed by atoms with E-state index in [1.54, 1.807) is 6.92 Å². The highest BCUT2D eigenvalue weighted by Gasteiger charge is 2.44. The molecular weight excluding hydrogens is 375 g/mol. The van der Waals surface area contributed by atoms with Gasteiger partial charge >= 0.3 is 0 Å². The molecule has 0 spiro atoms. The smallest absolute Gasteiger partial charge is 0.265 e.